The van der Waals surface area contributed by atoms with E-state index in [2.05, 4.69) is 16.4 Å². The number of unbranched alkanes of at least 4 members (excludes halogenated alkanes) is 5. The van der Waals surface area contributed by atoms with Gasteiger partial charge < -0.3 is 9.47 Å². The number of halogens is 6. The summed E-state index contributed by atoms with van der Waals surface area (Å²) in [5.74, 6) is -4.49. The normalized spacial score (nSPS) is 25.0. The summed E-state index contributed by atoms with van der Waals surface area (Å²) in [4.78, 5) is 0. The highest BCUT2D eigenvalue weighted by Gasteiger charge is 2.78. The second kappa shape index (κ2) is 8.05. The minimum atomic E-state index is -5.66. The first-order valence-electron chi connectivity index (χ1n) is 8.08. The molecule has 0 aromatic carbocycles. The molecule has 0 aromatic heterocycles. The fraction of sp³-hybridized carbons (Fsp3) is 1.00. The van der Waals surface area contributed by atoms with Crippen molar-refractivity contribution in [2.24, 2.45) is 0 Å². The molecule has 0 unspecified atom stereocenters. The van der Waals surface area contributed by atoms with E-state index in [-0.39, 0.29) is 12.8 Å². The molecule has 0 aromatic rings. The van der Waals surface area contributed by atoms with Gasteiger partial charge in [0.1, 0.15) is 0 Å². The number of hydrogen-bond acceptors (Lipinski definition) is 2. The predicted molar refractivity (Wildman–Crippen MR) is 72.9 cm³/mol. The Balaban J connectivity index is 2.68. The summed E-state index contributed by atoms with van der Waals surface area (Å²) in [5, 5.41) is 0. The molecule has 23 heavy (non-hydrogen) atoms. The fourth-order valence-electron chi connectivity index (χ4n) is 2.75. The van der Waals surface area contributed by atoms with Crippen molar-refractivity contribution in [1.29, 1.82) is 0 Å². The zero-order valence-electron chi connectivity index (χ0n) is 13.4. The van der Waals surface area contributed by atoms with Crippen LogP contribution in [0.4, 0.5) is 26.3 Å². The lowest BCUT2D eigenvalue weighted by Gasteiger charge is -2.31. The number of alkyl halides is 6. The van der Waals surface area contributed by atoms with Crippen molar-refractivity contribution in [1.82, 2.24) is 0 Å². The minimum Gasteiger partial charge on any atom is -0.329 e. The Morgan fingerprint density at radius 3 is 1.70 bits per heavy atom. The lowest BCUT2D eigenvalue weighted by Crippen LogP contribution is -2.58. The first kappa shape index (κ1) is 20.5. The van der Waals surface area contributed by atoms with Gasteiger partial charge in [-0.15, -0.1) is 0 Å². The summed E-state index contributed by atoms with van der Waals surface area (Å²) in [5.41, 5.74) is 0. The Labute approximate surface area is 132 Å². The third-order valence-electron chi connectivity index (χ3n) is 4.04. The van der Waals surface area contributed by atoms with E-state index in [9.17, 15) is 26.3 Å². The van der Waals surface area contributed by atoms with Crippen molar-refractivity contribution in [3.8, 4) is 0 Å². The summed E-state index contributed by atoms with van der Waals surface area (Å²) in [6.07, 6.45) is -8.16. The zero-order valence-corrected chi connectivity index (χ0v) is 13.4. The van der Waals surface area contributed by atoms with Crippen LogP contribution in [0.3, 0.4) is 0 Å². The Hall–Kier alpha value is -0.500. The fourth-order valence-corrected chi connectivity index (χ4v) is 2.75. The lowest BCUT2D eigenvalue weighted by molar-refractivity contribution is -0.446. The first-order chi connectivity index (χ1) is 10.6. The third kappa shape index (κ3) is 4.75. The molecule has 1 heterocycles. The third-order valence-corrected chi connectivity index (χ3v) is 4.04. The molecular formula is C15H24F6O2. The van der Waals surface area contributed by atoms with Gasteiger partial charge in [-0.3, -0.25) is 0 Å². The van der Waals surface area contributed by atoms with E-state index >= 15 is 0 Å². The smallest absolute Gasteiger partial charge is 0.329 e. The van der Waals surface area contributed by atoms with Gasteiger partial charge in [-0.25, -0.2) is 0 Å². The molecule has 1 aliphatic rings. The van der Waals surface area contributed by atoms with Crippen LogP contribution in [0.1, 0.15) is 65.2 Å². The van der Waals surface area contributed by atoms with Gasteiger partial charge in [-0.1, -0.05) is 52.4 Å². The van der Waals surface area contributed by atoms with E-state index < -0.39 is 30.3 Å². The van der Waals surface area contributed by atoms with Crippen LogP contribution in [-0.2, 0) is 9.47 Å². The van der Waals surface area contributed by atoms with Gasteiger partial charge in [0.25, 0.3) is 0 Å². The van der Waals surface area contributed by atoms with Crippen LogP contribution >= 0.6 is 0 Å². The number of ether oxygens (including phenoxy) is 2. The van der Waals surface area contributed by atoms with Crippen molar-refractivity contribution >= 4 is 0 Å². The van der Waals surface area contributed by atoms with Crippen molar-refractivity contribution < 1.29 is 35.8 Å². The highest BCUT2D eigenvalue weighted by atomic mass is 19.4. The summed E-state index contributed by atoms with van der Waals surface area (Å²) in [6.45, 7) is 3.55. The zero-order chi connectivity index (χ0) is 17.7. The van der Waals surface area contributed by atoms with Gasteiger partial charge in [0.15, 0.2) is 0 Å². The van der Waals surface area contributed by atoms with Crippen molar-refractivity contribution in [3.63, 3.8) is 0 Å². The molecule has 0 aliphatic carbocycles. The van der Waals surface area contributed by atoms with Crippen molar-refractivity contribution in [2.45, 2.75) is 95.6 Å². The molecule has 0 amide bonds. The van der Waals surface area contributed by atoms with Crippen LogP contribution in [0.25, 0.3) is 0 Å². The maximum Gasteiger partial charge on any atom is 0.453 e. The molecule has 8 heteroatoms. The van der Waals surface area contributed by atoms with Gasteiger partial charge in [0.2, 0.25) is 0 Å². The Kier molecular flexibility index (Phi) is 7.19. The Bertz CT molecular complexity index is 339. The summed E-state index contributed by atoms with van der Waals surface area (Å²) in [7, 11) is 0. The highest BCUT2D eigenvalue weighted by molar-refractivity contribution is 4.95. The van der Waals surface area contributed by atoms with Gasteiger partial charge in [-0.2, -0.15) is 26.3 Å². The molecule has 0 saturated carbocycles. The van der Waals surface area contributed by atoms with Gasteiger partial charge in [-0.05, 0) is 12.8 Å². The van der Waals surface area contributed by atoms with E-state index in [0.29, 0.717) is 6.42 Å². The van der Waals surface area contributed by atoms with Crippen molar-refractivity contribution in [3.05, 3.63) is 0 Å². The van der Waals surface area contributed by atoms with E-state index in [4.69, 9.17) is 0 Å². The molecule has 1 fully saturated rings. The molecule has 2 nitrogen and oxygen atoms in total. The van der Waals surface area contributed by atoms with E-state index in [1.807, 2.05) is 0 Å². The SMILES string of the molecule is CCCCCCCC[C@@H]1OC(C(F)(F)F)(C(F)(F)F)O[C@@H]1CC. The van der Waals surface area contributed by atoms with Crippen LogP contribution in [0.15, 0.2) is 0 Å². The van der Waals surface area contributed by atoms with Gasteiger partial charge in [0.05, 0.1) is 12.2 Å². The average Bonchev–Trinajstić information content (AvgIpc) is 2.82. The van der Waals surface area contributed by atoms with E-state index in [1.165, 1.54) is 6.92 Å². The molecule has 138 valence electrons. The summed E-state index contributed by atoms with van der Waals surface area (Å²) < 4.78 is 86.5. The van der Waals surface area contributed by atoms with Crippen LogP contribution in [0, 0.1) is 0 Å². The average molecular weight is 350 g/mol. The quantitative estimate of drug-likeness (QED) is 0.410. The Morgan fingerprint density at radius 2 is 1.22 bits per heavy atom. The molecular weight excluding hydrogens is 326 g/mol. The molecule has 1 aliphatic heterocycles. The molecule has 1 saturated heterocycles. The van der Waals surface area contributed by atoms with Gasteiger partial charge in [0, 0.05) is 0 Å². The van der Waals surface area contributed by atoms with Crippen LogP contribution in [0.2, 0.25) is 0 Å². The largest absolute Gasteiger partial charge is 0.453 e. The van der Waals surface area contributed by atoms with E-state index in [1.54, 1.807) is 0 Å². The number of hydrogen-bond donors (Lipinski definition) is 0. The molecule has 0 radical (unpaired) electrons. The molecule has 0 bridgehead atoms. The van der Waals surface area contributed by atoms with Gasteiger partial charge >= 0.3 is 18.1 Å². The standard InChI is InChI=1S/C15H24F6O2/c1-3-5-6-7-8-9-10-12-11(4-2)22-13(23-12,14(16,17)18)15(19,20)21/h11-12H,3-10H2,1-2H3/t11-,12+/m1/s1. The summed E-state index contributed by atoms with van der Waals surface area (Å²) >= 11 is 0. The molecule has 0 spiro atoms. The van der Waals surface area contributed by atoms with Crippen molar-refractivity contribution in [2.75, 3.05) is 0 Å². The molecule has 1 rings (SSSR count). The molecule has 2 atom stereocenters. The topological polar surface area (TPSA) is 18.5 Å². The molecule has 0 N–H and O–H groups in total. The maximum atomic E-state index is 13.0. The summed E-state index contributed by atoms with van der Waals surface area (Å²) in [6, 6.07) is 0. The lowest BCUT2D eigenvalue weighted by atomic mass is 10.0. The van der Waals surface area contributed by atoms with E-state index in [0.717, 1.165) is 32.1 Å². The second-order valence-corrected chi connectivity index (χ2v) is 5.89. The van der Waals surface area contributed by atoms with Crippen LogP contribution in [0.5, 0.6) is 0 Å². The van der Waals surface area contributed by atoms with Crippen LogP contribution < -0.4 is 0 Å². The second-order valence-electron chi connectivity index (χ2n) is 5.89. The van der Waals surface area contributed by atoms with Crippen LogP contribution in [-0.4, -0.2) is 30.3 Å². The monoisotopic (exact) mass is 350 g/mol. The Morgan fingerprint density at radius 1 is 0.739 bits per heavy atom. The number of rotatable bonds is 8. The highest BCUT2D eigenvalue weighted by Crippen LogP contribution is 2.52. The first-order valence-corrected chi connectivity index (χ1v) is 8.08. The maximum absolute atomic E-state index is 13.0. The predicted octanol–water partition coefficient (Wildman–Crippen LogP) is 5.75. The minimum absolute atomic E-state index is 0.0361.